The lowest BCUT2D eigenvalue weighted by molar-refractivity contribution is -0.137. The summed E-state index contributed by atoms with van der Waals surface area (Å²) in [6.45, 7) is 2.51. The van der Waals surface area contributed by atoms with Crippen LogP contribution in [0.4, 0.5) is 23.8 Å². The van der Waals surface area contributed by atoms with Crippen molar-refractivity contribution in [1.29, 1.82) is 5.26 Å². The van der Waals surface area contributed by atoms with Crippen LogP contribution in [0.1, 0.15) is 29.2 Å². The molecule has 1 N–H and O–H groups in total. The van der Waals surface area contributed by atoms with Gasteiger partial charge in [-0.1, -0.05) is 6.07 Å². The number of alkyl halides is 3. The average molecular weight is 431 g/mol. The van der Waals surface area contributed by atoms with E-state index in [-0.39, 0.29) is 17.8 Å². The zero-order chi connectivity index (χ0) is 22.0. The van der Waals surface area contributed by atoms with E-state index in [1.165, 1.54) is 12.3 Å². The molecule has 10 heteroatoms. The number of carbonyl (C=O) groups excluding carboxylic acids is 1. The molecule has 1 fully saturated rings. The third-order valence-corrected chi connectivity index (χ3v) is 5.52. The first-order valence-corrected chi connectivity index (χ1v) is 9.85. The number of halogens is 3. The molecule has 162 valence electrons. The summed E-state index contributed by atoms with van der Waals surface area (Å²) in [5.41, 5.74) is 0.439. The molecule has 1 unspecified atom stereocenters. The Hall–Kier alpha value is -3.32. The number of hydrogen-bond acceptors (Lipinski definition) is 5. The molecule has 2 aliphatic heterocycles. The van der Waals surface area contributed by atoms with Crippen LogP contribution in [0.2, 0.25) is 0 Å². The lowest BCUT2D eigenvalue weighted by atomic mass is 9.96. The Bertz CT molecular complexity index is 996. The summed E-state index contributed by atoms with van der Waals surface area (Å²) in [6.07, 6.45) is -2.34. The zero-order valence-corrected chi connectivity index (χ0v) is 16.5. The molecule has 2 aliphatic rings. The fraction of sp³-hybridized carbons (Fsp3) is 0.381. The summed E-state index contributed by atoms with van der Waals surface area (Å²) >= 11 is 0. The molecule has 0 bridgehead atoms. The van der Waals surface area contributed by atoms with Gasteiger partial charge in [-0.3, -0.25) is 10.2 Å². The number of pyridine rings is 1. The van der Waals surface area contributed by atoms with Crippen molar-refractivity contribution >= 4 is 11.8 Å². The van der Waals surface area contributed by atoms with Gasteiger partial charge >= 0.3 is 12.2 Å². The van der Waals surface area contributed by atoms with Gasteiger partial charge in [0, 0.05) is 50.4 Å². The van der Waals surface area contributed by atoms with Crippen LogP contribution in [0.3, 0.4) is 0 Å². The van der Waals surface area contributed by atoms with Crippen molar-refractivity contribution in [2.75, 3.05) is 38.1 Å². The van der Waals surface area contributed by atoms with Crippen LogP contribution < -0.4 is 10.1 Å². The molecule has 1 atom stereocenters. The molecule has 31 heavy (non-hydrogen) atoms. The van der Waals surface area contributed by atoms with Gasteiger partial charge in [0.25, 0.3) is 0 Å². The van der Waals surface area contributed by atoms with Crippen LogP contribution in [-0.4, -0.2) is 53.6 Å². The number of amides is 2. The van der Waals surface area contributed by atoms with E-state index in [4.69, 9.17) is 10.00 Å². The minimum absolute atomic E-state index is 0.0450. The molecule has 2 amide bonds. The van der Waals surface area contributed by atoms with Crippen LogP contribution in [0.5, 0.6) is 5.75 Å². The molecule has 2 aromatic rings. The van der Waals surface area contributed by atoms with Crippen molar-refractivity contribution in [2.45, 2.75) is 18.6 Å². The predicted molar refractivity (Wildman–Crippen MR) is 105 cm³/mol. The Morgan fingerprint density at radius 3 is 2.61 bits per heavy atom. The second kappa shape index (κ2) is 8.43. The zero-order valence-electron chi connectivity index (χ0n) is 16.5. The summed E-state index contributed by atoms with van der Waals surface area (Å²) in [7, 11) is 0. The highest BCUT2D eigenvalue weighted by molar-refractivity contribution is 5.88. The molecule has 0 aliphatic carbocycles. The van der Waals surface area contributed by atoms with Crippen LogP contribution in [0.15, 0.2) is 36.5 Å². The number of aromatic nitrogens is 1. The molecule has 1 aromatic carbocycles. The van der Waals surface area contributed by atoms with Crippen molar-refractivity contribution in [1.82, 2.24) is 14.8 Å². The largest absolute Gasteiger partial charge is 0.493 e. The van der Waals surface area contributed by atoms with Crippen molar-refractivity contribution in [3.05, 3.63) is 53.2 Å². The Morgan fingerprint density at radius 2 is 1.97 bits per heavy atom. The predicted octanol–water partition coefficient (Wildman–Crippen LogP) is 3.65. The standard InChI is InChI=1S/C21H20F3N5O2/c22-21(23,24)15-2-3-16-17(5-10-31-18(16)11-15)28-6-8-29(9-7-28)20(30)27-19-4-1-14(12-25)13-26-19/h1-4,11,13,17H,5-10H2,(H,26,27,30). The van der Waals surface area contributed by atoms with Crippen LogP contribution in [-0.2, 0) is 6.18 Å². The normalized spacial score (nSPS) is 19.2. The first-order valence-electron chi connectivity index (χ1n) is 9.85. The van der Waals surface area contributed by atoms with Crippen LogP contribution in [0, 0.1) is 11.3 Å². The smallest absolute Gasteiger partial charge is 0.416 e. The molecule has 0 spiro atoms. The number of benzene rings is 1. The van der Waals surface area contributed by atoms with E-state index in [9.17, 15) is 18.0 Å². The minimum atomic E-state index is -4.41. The van der Waals surface area contributed by atoms with E-state index in [0.29, 0.717) is 50.6 Å². The maximum Gasteiger partial charge on any atom is 0.416 e. The van der Waals surface area contributed by atoms with Gasteiger partial charge < -0.3 is 9.64 Å². The lowest BCUT2D eigenvalue weighted by Crippen LogP contribution is -2.51. The Balaban J connectivity index is 1.38. The number of urea groups is 1. The fourth-order valence-corrected chi connectivity index (χ4v) is 3.89. The molecular weight excluding hydrogens is 411 g/mol. The van der Waals surface area contributed by atoms with Gasteiger partial charge in [-0.25, -0.2) is 9.78 Å². The molecule has 1 aromatic heterocycles. The Labute approximate surface area is 177 Å². The van der Waals surface area contributed by atoms with Gasteiger partial charge in [0.05, 0.1) is 17.7 Å². The first kappa shape index (κ1) is 20.9. The van der Waals surface area contributed by atoms with Crippen molar-refractivity contribution in [2.24, 2.45) is 0 Å². The Kier molecular flexibility index (Phi) is 5.69. The summed E-state index contributed by atoms with van der Waals surface area (Å²) in [5.74, 6) is 0.642. The number of nitrogens with one attached hydrogen (secondary N) is 1. The maximum absolute atomic E-state index is 13.0. The number of piperazine rings is 1. The number of anilines is 1. The number of carbonyl (C=O) groups is 1. The number of ether oxygens (including phenoxy) is 1. The van der Waals surface area contributed by atoms with Crippen molar-refractivity contribution in [3.8, 4) is 11.8 Å². The Morgan fingerprint density at radius 1 is 1.19 bits per heavy atom. The van der Waals surface area contributed by atoms with Gasteiger partial charge in [0.2, 0.25) is 0 Å². The SMILES string of the molecule is N#Cc1ccc(NC(=O)N2CCN(C3CCOc4cc(C(F)(F)F)ccc43)CC2)nc1. The van der Waals surface area contributed by atoms with Crippen molar-refractivity contribution in [3.63, 3.8) is 0 Å². The van der Waals surface area contributed by atoms with E-state index in [2.05, 4.69) is 15.2 Å². The van der Waals surface area contributed by atoms with E-state index in [0.717, 1.165) is 17.7 Å². The van der Waals surface area contributed by atoms with E-state index in [1.54, 1.807) is 17.0 Å². The number of hydrogen-bond donors (Lipinski definition) is 1. The molecule has 1 saturated heterocycles. The third-order valence-electron chi connectivity index (χ3n) is 5.52. The minimum Gasteiger partial charge on any atom is -0.493 e. The van der Waals surface area contributed by atoms with E-state index >= 15 is 0 Å². The second-order valence-electron chi connectivity index (χ2n) is 7.40. The number of fused-ring (bicyclic) bond motifs is 1. The summed E-state index contributed by atoms with van der Waals surface area (Å²) in [6, 6.07) is 8.45. The lowest BCUT2D eigenvalue weighted by Gasteiger charge is -2.41. The van der Waals surface area contributed by atoms with Crippen LogP contribution in [0.25, 0.3) is 0 Å². The van der Waals surface area contributed by atoms with Gasteiger partial charge in [-0.2, -0.15) is 18.4 Å². The van der Waals surface area contributed by atoms with Crippen LogP contribution >= 0.6 is 0 Å². The summed E-state index contributed by atoms with van der Waals surface area (Å²) in [4.78, 5) is 20.4. The molecule has 0 saturated carbocycles. The highest BCUT2D eigenvalue weighted by Gasteiger charge is 2.35. The fourth-order valence-electron chi connectivity index (χ4n) is 3.89. The monoisotopic (exact) mass is 431 g/mol. The quantitative estimate of drug-likeness (QED) is 0.785. The second-order valence-corrected chi connectivity index (χ2v) is 7.40. The van der Waals surface area contributed by atoms with Gasteiger partial charge in [0.1, 0.15) is 17.6 Å². The molecule has 0 radical (unpaired) electrons. The molecular formula is C21H20F3N5O2. The van der Waals surface area contributed by atoms with E-state index < -0.39 is 11.7 Å². The van der Waals surface area contributed by atoms with E-state index in [1.807, 2.05) is 6.07 Å². The van der Waals surface area contributed by atoms with Gasteiger partial charge in [-0.15, -0.1) is 0 Å². The number of rotatable bonds is 2. The highest BCUT2D eigenvalue weighted by atomic mass is 19.4. The molecule has 3 heterocycles. The third kappa shape index (κ3) is 4.56. The number of nitriles is 1. The summed E-state index contributed by atoms with van der Waals surface area (Å²) < 4.78 is 44.5. The number of nitrogens with zero attached hydrogens (tertiary/aromatic N) is 4. The molecule has 4 rings (SSSR count). The van der Waals surface area contributed by atoms with Crippen molar-refractivity contribution < 1.29 is 22.7 Å². The molecule has 7 nitrogen and oxygen atoms in total. The topological polar surface area (TPSA) is 81.5 Å². The average Bonchev–Trinajstić information content (AvgIpc) is 2.78. The summed E-state index contributed by atoms with van der Waals surface area (Å²) in [5, 5.41) is 11.5. The van der Waals surface area contributed by atoms with Gasteiger partial charge in [-0.05, 0) is 24.3 Å². The highest BCUT2D eigenvalue weighted by Crippen LogP contribution is 2.40. The van der Waals surface area contributed by atoms with Gasteiger partial charge in [0.15, 0.2) is 0 Å². The first-order chi connectivity index (χ1) is 14.8. The maximum atomic E-state index is 13.0.